The van der Waals surface area contributed by atoms with Gasteiger partial charge in [-0.2, -0.15) is 22.1 Å². The molecule has 0 saturated carbocycles. The molecule has 11 nitrogen and oxygen atoms in total. The van der Waals surface area contributed by atoms with Gasteiger partial charge in [0.05, 0.1) is 11.4 Å². The second-order valence-corrected chi connectivity index (χ2v) is 12.7. The van der Waals surface area contributed by atoms with Gasteiger partial charge in [-0.25, -0.2) is 9.97 Å². The summed E-state index contributed by atoms with van der Waals surface area (Å²) in [7, 11) is 1.53. The van der Waals surface area contributed by atoms with Crippen molar-refractivity contribution in [3.05, 3.63) is 52.3 Å². The average molecular weight is 567 g/mol. The first-order chi connectivity index (χ1) is 19.1. The summed E-state index contributed by atoms with van der Waals surface area (Å²) in [4.78, 5) is 22.9. The van der Waals surface area contributed by atoms with Gasteiger partial charge in [0.2, 0.25) is 5.95 Å². The standard InChI is InChI=1S/C28H38N8O3S/c1-6-18-9-8-10-19(7-2)23(18)31-27(37)25-22-12-11-20-17-29-28(32-24(20)26(22)35(5)33-25)30-21-13-15-36(16-14-21)40(38,39)34(3)4/h8-10,17,21H,6-7,11-16H2,1-5H3,(H,31,37)(H,29,30,32). The Morgan fingerprint density at radius 1 is 1.10 bits per heavy atom. The first-order valence-corrected chi connectivity index (χ1v) is 15.3. The van der Waals surface area contributed by atoms with Gasteiger partial charge in [0.25, 0.3) is 16.1 Å². The van der Waals surface area contributed by atoms with E-state index in [0.717, 1.165) is 58.6 Å². The van der Waals surface area contributed by atoms with Gasteiger partial charge in [-0.1, -0.05) is 32.0 Å². The molecule has 2 aromatic heterocycles. The van der Waals surface area contributed by atoms with Crippen molar-refractivity contribution in [2.24, 2.45) is 7.05 Å². The predicted octanol–water partition coefficient (Wildman–Crippen LogP) is 3.04. The first kappa shape index (κ1) is 28.2. The molecular formula is C28H38N8O3S. The number of fused-ring (bicyclic) bond motifs is 3. The summed E-state index contributed by atoms with van der Waals surface area (Å²) in [5, 5.41) is 11.2. The van der Waals surface area contributed by atoms with Crippen molar-refractivity contribution < 1.29 is 13.2 Å². The Balaban J connectivity index is 1.36. The van der Waals surface area contributed by atoms with Crippen LogP contribution in [0.5, 0.6) is 0 Å². The summed E-state index contributed by atoms with van der Waals surface area (Å²) in [6, 6.07) is 6.20. The lowest BCUT2D eigenvalue weighted by Gasteiger charge is -2.33. The summed E-state index contributed by atoms with van der Waals surface area (Å²) < 4.78 is 29.4. The van der Waals surface area contributed by atoms with Crippen LogP contribution in [0.3, 0.4) is 0 Å². The number of nitrogens with zero attached hydrogens (tertiary/aromatic N) is 6. The number of benzene rings is 1. The second-order valence-electron chi connectivity index (χ2n) is 10.6. The lowest BCUT2D eigenvalue weighted by molar-refractivity contribution is 0.102. The minimum Gasteiger partial charge on any atom is -0.351 e. The highest BCUT2D eigenvalue weighted by molar-refractivity contribution is 7.86. The number of carbonyl (C=O) groups is 1. The Labute approximate surface area is 236 Å². The van der Waals surface area contributed by atoms with Crippen molar-refractivity contribution in [3.63, 3.8) is 0 Å². The fraction of sp³-hybridized carbons (Fsp3) is 0.500. The molecule has 0 atom stereocenters. The summed E-state index contributed by atoms with van der Waals surface area (Å²) in [6.45, 7) is 5.05. The lowest BCUT2D eigenvalue weighted by Crippen LogP contribution is -2.46. The normalized spacial score (nSPS) is 16.1. The van der Waals surface area contributed by atoms with Crippen LogP contribution in [0.25, 0.3) is 11.4 Å². The number of para-hydroxylation sites is 1. The number of carbonyl (C=O) groups excluding carboxylic acids is 1. The van der Waals surface area contributed by atoms with Gasteiger partial charge in [-0.05, 0) is 55.2 Å². The zero-order valence-corrected chi connectivity index (χ0v) is 24.7. The van der Waals surface area contributed by atoms with E-state index in [0.29, 0.717) is 44.0 Å². The highest BCUT2D eigenvalue weighted by atomic mass is 32.2. The first-order valence-electron chi connectivity index (χ1n) is 13.9. The van der Waals surface area contributed by atoms with Crippen molar-refractivity contribution in [2.75, 3.05) is 37.8 Å². The third-order valence-corrected chi connectivity index (χ3v) is 9.85. The van der Waals surface area contributed by atoms with Crippen LogP contribution in [0.2, 0.25) is 0 Å². The third kappa shape index (κ3) is 5.23. The Bertz CT molecular complexity index is 1500. The number of hydrogen-bond donors (Lipinski definition) is 2. The molecule has 1 aliphatic heterocycles. The summed E-state index contributed by atoms with van der Waals surface area (Å²) in [5.74, 6) is 0.292. The number of piperidine rings is 1. The van der Waals surface area contributed by atoms with Gasteiger partial charge in [0, 0.05) is 57.7 Å². The Morgan fingerprint density at radius 2 is 1.77 bits per heavy atom. The Hall–Kier alpha value is -3.35. The van der Waals surface area contributed by atoms with Crippen molar-refractivity contribution in [2.45, 2.75) is 58.4 Å². The Kier molecular flexibility index (Phi) is 7.94. The third-order valence-electron chi connectivity index (χ3n) is 7.91. The van der Waals surface area contributed by atoms with E-state index < -0.39 is 10.2 Å². The quantitative estimate of drug-likeness (QED) is 0.429. The van der Waals surface area contributed by atoms with E-state index in [2.05, 4.69) is 46.7 Å². The highest BCUT2D eigenvalue weighted by Crippen LogP contribution is 2.35. The molecule has 214 valence electrons. The maximum atomic E-state index is 13.5. The highest BCUT2D eigenvalue weighted by Gasteiger charge is 2.32. The molecule has 0 unspecified atom stereocenters. The topological polar surface area (TPSA) is 125 Å². The van der Waals surface area contributed by atoms with Crippen LogP contribution >= 0.6 is 0 Å². The zero-order valence-electron chi connectivity index (χ0n) is 23.9. The van der Waals surface area contributed by atoms with E-state index in [1.54, 1.807) is 18.8 Å². The van der Waals surface area contributed by atoms with Gasteiger partial charge in [-0.3, -0.25) is 9.48 Å². The predicted molar refractivity (Wildman–Crippen MR) is 156 cm³/mol. The Morgan fingerprint density at radius 3 is 2.40 bits per heavy atom. The molecule has 12 heteroatoms. The van der Waals surface area contributed by atoms with Crippen LogP contribution in [0.4, 0.5) is 11.6 Å². The number of aryl methyl sites for hydroxylation is 4. The fourth-order valence-electron chi connectivity index (χ4n) is 5.63. The van der Waals surface area contributed by atoms with Crippen LogP contribution in [0, 0.1) is 0 Å². The van der Waals surface area contributed by atoms with Gasteiger partial charge in [0.1, 0.15) is 0 Å². The zero-order chi connectivity index (χ0) is 28.6. The van der Waals surface area contributed by atoms with E-state index in [9.17, 15) is 13.2 Å². The van der Waals surface area contributed by atoms with Crippen molar-refractivity contribution in [3.8, 4) is 11.4 Å². The molecule has 3 aromatic rings. The van der Waals surface area contributed by atoms with E-state index >= 15 is 0 Å². The molecule has 1 aliphatic carbocycles. The van der Waals surface area contributed by atoms with Crippen LogP contribution < -0.4 is 10.6 Å². The monoisotopic (exact) mass is 566 g/mol. The minimum absolute atomic E-state index is 0.0639. The van der Waals surface area contributed by atoms with E-state index in [1.807, 2.05) is 19.3 Å². The molecule has 5 rings (SSSR count). The molecule has 1 aromatic carbocycles. The van der Waals surface area contributed by atoms with Crippen LogP contribution in [-0.2, 0) is 42.9 Å². The van der Waals surface area contributed by atoms with Crippen molar-refractivity contribution in [1.29, 1.82) is 0 Å². The van der Waals surface area contributed by atoms with E-state index in [-0.39, 0.29) is 11.9 Å². The second kappa shape index (κ2) is 11.3. The largest absolute Gasteiger partial charge is 0.351 e. The fourth-order valence-corrected chi connectivity index (χ4v) is 6.76. The number of aromatic nitrogens is 4. The molecule has 1 amide bonds. The molecule has 0 spiro atoms. The summed E-state index contributed by atoms with van der Waals surface area (Å²) >= 11 is 0. The molecular weight excluding hydrogens is 528 g/mol. The van der Waals surface area contributed by atoms with Gasteiger partial charge >= 0.3 is 0 Å². The SMILES string of the molecule is CCc1cccc(CC)c1NC(=O)c1nn(C)c2c1CCc1cnc(NC3CCN(S(=O)(=O)N(C)C)CC3)nc1-2. The lowest BCUT2D eigenvalue weighted by atomic mass is 9.93. The molecule has 1 saturated heterocycles. The van der Waals surface area contributed by atoms with Crippen molar-refractivity contribution >= 4 is 27.8 Å². The van der Waals surface area contributed by atoms with Crippen molar-refractivity contribution in [1.82, 2.24) is 28.4 Å². The number of anilines is 2. The molecule has 2 N–H and O–H groups in total. The van der Waals surface area contributed by atoms with Crippen LogP contribution in [0.1, 0.15) is 59.4 Å². The number of amides is 1. The number of nitrogens with one attached hydrogen (secondary N) is 2. The maximum absolute atomic E-state index is 13.5. The average Bonchev–Trinajstić information content (AvgIpc) is 3.30. The van der Waals surface area contributed by atoms with E-state index in [4.69, 9.17) is 4.98 Å². The molecule has 3 heterocycles. The summed E-state index contributed by atoms with van der Waals surface area (Å²) in [6.07, 6.45) is 6.23. The maximum Gasteiger partial charge on any atom is 0.281 e. The molecule has 2 aliphatic rings. The summed E-state index contributed by atoms with van der Waals surface area (Å²) in [5.41, 5.74) is 7.06. The molecule has 0 bridgehead atoms. The number of rotatable bonds is 8. The molecule has 1 fully saturated rings. The van der Waals surface area contributed by atoms with Gasteiger partial charge < -0.3 is 10.6 Å². The smallest absolute Gasteiger partial charge is 0.281 e. The van der Waals surface area contributed by atoms with Crippen LogP contribution in [0.15, 0.2) is 24.4 Å². The van der Waals surface area contributed by atoms with Crippen LogP contribution in [-0.4, -0.2) is 75.9 Å². The molecule has 40 heavy (non-hydrogen) atoms. The number of hydrogen-bond acceptors (Lipinski definition) is 7. The van der Waals surface area contributed by atoms with E-state index in [1.165, 1.54) is 8.61 Å². The minimum atomic E-state index is -3.41. The van der Waals surface area contributed by atoms with Gasteiger partial charge in [0.15, 0.2) is 5.69 Å². The molecule has 0 radical (unpaired) electrons. The van der Waals surface area contributed by atoms with Gasteiger partial charge in [-0.15, -0.1) is 0 Å².